The first-order chi connectivity index (χ1) is 19.8. The van der Waals surface area contributed by atoms with Gasteiger partial charge in [0, 0.05) is 16.5 Å². The molecule has 0 bridgehead atoms. The zero-order valence-corrected chi connectivity index (χ0v) is 27.5. The normalized spacial score (nSPS) is 11.9. The fourth-order valence-electron chi connectivity index (χ4n) is 5.27. The summed E-state index contributed by atoms with van der Waals surface area (Å²) < 4.78 is 0. The van der Waals surface area contributed by atoms with Crippen molar-refractivity contribution in [2.24, 2.45) is 9.98 Å². The number of para-hydroxylation sites is 1. The van der Waals surface area contributed by atoms with E-state index in [9.17, 15) is 0 Å². The van der Waals surface area contributed by atoms with Gasteiger partial charge in [-0.05, 0) is 67.2 Å². The standard InChI is InChI=1S/C38H58N2.Ni/c1-4-7-8-9-10-11-12-13-14-15-16-17-18-19-20-22-29-38(40-36-27-23-21-24-28-36)33-39-37-31-30-34(25-5-2)35(32-37)26-6-3;/h21-24,27-33H,4-20,25-26H2,1-3H3;/b29-22+,39-33+,40-38+;. The average Bonchev–Trinajstić information content (AvgIpc) is 2.97. The number of aryl methyl sites for hydroxylation is 2. The van der Waals surface area contributed by atoms with Gasteiger partial charge in [0.25, 0.3) is 0 Å². The average molecular weight is 602 g/mol. The summed E-state index contributed by atoms with van der Waals surface area (Å²) >= 11 is 0. The van der Waals surface area contributed by atoms with Crippen molar-refractivity contribution in [3.63, 3.8) is 0 Å². The van der Waals surface area contributed by atoms with Gasteiger partial charge in [-0.15, -0.1) is 0 Å². The van der Waals surface area contributed by atoms with Crippen LogP contribution in [0.1, 0.15) is 141 Å². The first-order valence-electron chi connectivity index (χ1n) is 16.7. The molecule has 0 aliphatic rings. The van der Waals surface area contributed by atoms with Crippen molar-refractivity contribution in [3.05, 3.63) is 71.8 Å². The number of allylic oxidation sites excluding steroid dienone is 2. The van der Waals surface area contributed by atoms with Crippen molar-refractivity contribution in [2.75, 3.05) is 0 Å². The Morgan fingerprint density at radius 1 is 0.585 bits per heavy atom. The van der Waals surface area contributed by atoms with Crippen molar-refractivity contribution in [1.82, 2.24) is 0 Å². The number of nitrogens with zero attached hydrogens (tertiary/aromatic N) is 2. The van der Waals surface area contributed by atoms with Crippen molar-refractivity contribution in [1.29, 1.82) is 0 Å². The van der Waals surface area contributed by atoms with E-state index in [-0.39, 0.29) is 16.5 Å². The van der Waals surface area contributed by atoms with Gasteiger partial charge in [0.05, 0.1) is 23.3 Å². The van der Waals surface area contributed by atoms with Crippen LogP contribution in [0.25, 0.3) is 0 Å². The van der Waals surface area contributed by atoms with Gasteiger partial charge in [0.2, 0.25) is 0 Å². The Bertz CT molecular complexity index is 977. The van der Waals surface area contributed by atoms with Gasteiger partial charge in [-0.2, -0.15) is 0 Å². The third-order valence-electron chi connectivity index (χ3n) is 7.60. The minimum Gasteiger partial charge on any atom is -0.255 e. The van der Waals surface area contributed by atoms with Crippen LogP contribution >= 0.6 is 0 Å². The Balaban J connectivity index is 0.00000840. The quantitative estimate of drug-likeness (QED) is 0.0688. The van der Waals surface area contributed by atoms with E-state index < -0.39 is 0 Å². The van der Waals surface area contributed by atoms with Crippen LogP contribution in [0.4, 0.5) is 11.4 Å². The van der Waals surface area contributed by atoms with Gasteiger partial charge in [-0.3, -0.25) is 4.99 Å². The molecule has 2 aromatic carbocycles. The van der Waals surface area contributed by atoms with E-state index in [1.54, 1.807) is 0 Å². The molecule has 230 valence electrons. The summed E-state index contributed by atoms with van der Waals surface area (Å²) in [6, 6.07) is 16.9. The van der Waals surface area contributed by atoms with Crippen molar-refractivity contribution >= 4 is 23.3 Å². The second-order valence-electron chi connectivity index (χ2n) is 11.4. The number of hydrogen-bond donors (Lipinski definition) is 0. The summed E-state index contributed by atoms with van der Waals surface area (Å²) in [5, 5.41) is 0. The van der Waals surface area contributed by atoms with Crippen molar-refractivity contribution in [2.45, 2.75) is 143 Å². The number of hydrogen-bond acceptors (Lipinski definition) is 2. The van der Waals surface area contributed by atoms with Crippen LogP contribution in [0, 0.1) is 0 Å². The number of unbranched alkanes of at least 4 members (excludes halogenated alkanes) is 14. The molecule has 2 rings (SSSR count). The van der Waals surface area contributed by atoms with Crippen LogP contribution in [-0.2, 0) is 29.3 Å². The van der Waals surface area contributed by atoms with E-state index in [4.69, 9.17) is 9.98 Å². The Kier molecular flexibility index (Phi) is 23.2. The van der Waals surface area contributed by atoms with E-state index in [0.717, 1.165) is 42.8 Å². The SMILES string of the molecule is CCCCCCCCCCCCCCCC/C=C/C(/C=N/c1ccc(CCC)c(CCC)c1)=N\c1ccccc1.[Ni]. The third-order valence-corrected chi connectivity index (χ3v) is 7.60. The predicted molar refractivity (Wildman–Crippen MR) is 180 cm³/mol. The largest absolute Gasteiger partial charge is 0.255 e. The van der Waals surface area contributed by atoms with E-state index in [2.05, 4.69) is 51.1 Å². The minimum absolute atomic E-state index is 0. The van der Waals surface area contributed by atoms with E-state index in [1.165, 1.54) is 107 Å². The Labute approximate surface area is 263 Å². The summed E-state index contributed by atoms with van der Waals surface area (Å²) in [5.74, 6) is 0. The van der Waals surface area contributed by atoms with E-state index >= 15 is 0 Å². The van der Waals surface area contributed by atoms with Gasteiger partial charge in [0.1, 0.15) is 0 Å². The molecule has 0 saturated carbocycles. The molecule has 0 aliphatic heterocycles. The van der Waals surface area contributed by atoms with E-state index in [0.29, 0.717) is 0 Å². The molecule has 0 atom stereocenters. The van der Waals surface area contributed by atoms with Gasteiger partial charge in [0.15, 0.2) is 0 Å². The van der Waals surface area contributed by atoms with E-state index in [1.807, 2.05) is 36.5 Å². The van der Waals surface area contributed by atoms with Gasteiger partial charge in [-0.1, -0.05) is 147 Å². The molecule has 2 aromatic rings. The molecule has 0 amide bonds. The Morgan fingerprint density at radius 3 is 1.73 bits per heavy atom. The Hall–Kier alpha value is -1.99. The molecule has 0 saturated heterocycles. The summed E-state index contributed by atoms with van der Waals surface area (Å²) in [6.45, 7) is 6.79. The molecular formula is C38H58N2Ni. The zero-order chi connectivity index (χ0) is 28.5. The molecule has 0 N–H and O–H groups in total. The monoisotopic (exact) mass is 600 g/mol. The molecule has 0 fully saturated rings. The smallest absolute Gasteiger partial charge is 0.0816 e. The molecule has 0 heterocycles. The van der Waals surface area contributed by atoms with Crippen LogP contribution in [-0.4, -0.2) is 11.9 Å². The maximum absolute atomic E-state index is 4.87. The molecule has 0 spiro atoms. The molecule has 0 aromatic heterocycles. The second-order valence-corrected chi connectivity index (χ2v) is 11.4. The number of aliphatic imine (C=N–C) groups is 2. The molecule has 2 nitrogen and oxygen atoms in total. The predicted octanol–water partition coefficient (Wildman–Crippen LogP) is 12.5. The van der Waals surface area contributed by atoms with Crippen LogP contribution in [0.15, 0.2) is 70.7 Å². The van der Waals surface area contributed by atoms with Crippen molar-refractivity contribution < 1.29 is 16.5 Å². The summed E-state index contributed by atoms with van der Waals surface area (Å²) in [6.07, 6.45) is 31.7. The topological polar surface area (TPSA) is 24.7 Å². The van der Waals surface area contributed by atoms with Gasteiger partial charge < -0.3 is 0 Å². The second kappa shape index (κ2) is 25.7. The fourth-order valence-corrected chi connectivity index (χ4v) is 5.27. The molecular weight excluding hydrogens is 543 g/mol. The van der Waals surface area contributed by atoms with Crippen LogP contribution in [0.5, 0.6) is 0 Å². The van der Waals surface area contributed by atoms with Crippen LogP contribution < -0.4 is 0 Å². The minimum atomic E-state index is 0. The van der Waals surface area contributed by atoms with Gasteiger partial charge in [-0.25, -0.2) is 4.99 Å². The maximum Gasteiger partial charge on any atom is 0.0816 e. The summed E-state index contributed by atoms with van der Waals surface area (Å²) in [7, 11) is 0. The molecule has 0 aliphatic carbocycles. The summed E-state index contributed by atoms with van der Waals surface area (Å²) in [5.41, 5.74) is 5.80. The molecule has 0 unspecified atom stereocenters. The fraction of sp³-hybridized carbons (Fsp3) is 0.579. The Morgan fingerprint density at radius 2 is 1.15 bits per heavy atom. The van der Waals surface area contributed by atoms with Crippen molar-refractivity contribution in [3.8, 4) is 0 Å². The maximum atomic E-state index is 4.87. The number of benzene rings is 2. The molecule has 0 radical (unpaired) electrons. The third kappa shape index (κ3) is 18.2. The summed E-state index contributed by atoms with van der Waals surface area (Å²) in [4.78, 5) is 9.70. The zero-order valence-electron chi connectivity index (χ0n) is 26.5. The number of rotatable bonds is 23. The molecule has 3 heteroatoms. The van der Waals surface area contributed by atoms with Gasteiger partial charge >= 0.3 is 0 Å². The first kappa shape index (κ1) is 37.0. The first-order valence-corrected chi connectivity index (χ1v) is 16.7. The van der Waals surface area contributed by atoms with Crippen LogP contribution in [0.3, 0.4) is 0 Å². The molecule has 41 heavy (non-hydrogen) atoms. The van der Waals surface area contributed by atoms with Crippen LogP contribution in [0.2, 0.25) is 0 Å².